The average Bonchev–Trinajstić information content (AvgIpc) is 2.55. The Morgan fingerprint density at radius 1 is 1.37 bits per heavy atom. The Morgan fingerprint density at radius 3 is 2.53 bits per heavy atom. The average molecular weight is 281 g/mol. The first-order valence-corrected chi connectivity index (χ1v) is 7.01. The molecule has 0 spiro atoms. The van der Waals surface area contributed by atoms with E-state index in [0.717, 1.165) is 11.4 Å². The van der Waals surface area contributed by atoms with Gasteiger partial charge in [-0.15, -0.1) is 0 Å². The van der Waals surface area contributed by atoms with E-state index in [2.05, 4.69) is 10.4 Å². The first-order valence-electron chi connectivity index (χ1n) is 5.47. The summed E-state index contributed by atoms with van der Waals surface area (Å²) in [5.74, 6) is 0. The lowest BCUT2D eigenvalue weighted by Crippen LogP contribution is -2.14. The number of anilines is 3. The normalized spacial score (nSPS) is 11.5. The summed E-state index contributed by atoms with van der Waals surface area (Å²) in [7, 11) is -1.98. The SMILES string of the molecule is Cc1nn(C)cc1Nc1ccc(S(N)(=O)=O)c(N)c1. The van der Waals surface area contributed by atoms with Crippen molar-refractivity contribution in [1.82, 2.24) is 9.78 Å². The summed E-state index contributed by atoms with van der Waals surface area (Å²) in [6, 6.07) is 4.49. The van der Waals surface area contributed by atoms with Gasteiger partial charge in [-0.1, -0.05) is 0 Å². The number of primary sulfonamides is 1. The molecule has 0 bridgehead atoms. The number of rotatable bonds is 3. The highest BCUT2D eigenvalue weighted by Crippen LogP contribution is 2.25. The maximum Gasteiger partial charge on any atom is 0.240 e. The van der Waals surface area contributed by atoms with Crippen LogP contribution >= 0.6 is 0 Å². The largest absolute Gasteiger partial charge is 0.398 e. The van der Waals surface area contributed by atoms with Gasteiger partial charge in [0.2, 0.25) is 10.0 Å². The van der Waals surface area contributed by atoms with Crippen LogP contribution in [-0.4, -0.2) is 18.2 Å². The Kier molecular flexibility index (Phi) is 3.21. The van der Waals surface area contributed by atoms with Crippen LogP contribution in [0.4, 0.5) is 17.1 Å². The summed E-state index contributed by atoms with van der Waals surface area (Å²) in [5.41, 5.74) is 8.11. The fourth-order valence-electron chi connectivity index (χ4n) is 1.76. The highest BCUT2D eigenvalue weighted by atomic mass is 32.2. The van der Waals surface area contributed by atoms with Crippen LogP contribution in [-0.2, 0) is 17.1 Å². The molecule has 8 heteroatoms. The highest BCUT2D eigenvalue weighted by molar-refractivity contribution is 7.89. The zero-order valence-electron chi connectivity index (χ0n) is 10.6. The number of hydrogen-bond acceptors (Lipinski definition) is 5. The monoisotopic (exact) mass is 281 g/mol. The number of nitrogens with one attached hydrogen (secondary N) is 1. The predicted molar refractivity (Wildman–Crippen MR) is 73.5 cm³/mol. The first-order chi connectivity index (χ1) is 8.77. The number of benzene rings is 1. The van der Waals surface area contributed by atoms with Crippen LogP contribution in [0.2, 0.25) is 0 Å². The molecule has 19 heavy (non-hydrogen) atoms. The molecule has 2 aromatic rings. The van der Waals surface area contributed by atoms with Crippen LogP contribution in [0.5, 0.6) is 0 Å². The Balaban J connectivity index is 2.33. The zero-order chi connectivity index (χ0) is 14.2. The van der Waals surface area contributed by atoms with Crippen LogP contribution < -0.4 is 16.2 Å². The number of nitrogens with zero attached hydrogens (tertiary/aromatic N) is 2. The van der Waals surface area contributed by atoms with E-state index < -0.39 is 10.0 Å². The second-order valence-corrected chi connectivity index (χ2v) is 5.75. The summed E-state index contributed by atoms with van der Waals surface area (Å²) in [5, 5.41) is 12.4. The van der Waals surface area contributed by atoms with Crippen molar-refractivity contribution < 1.29 is 8.42 Å². The Labute approximate surface area is 111 Å². The van der Waals surface area contributed by atoms with E-state index in [0.29, 0.717) is 5.69 Å². The van der Waals surface area contributed by atoms with Gasteiger partial charge in [0.15, 0.2) is 0 Å². The van der Waals surface area contributed by atoms with Crippen LogP contribution in [0.15, 0.2) is 29.3 Å². The molecule has 0 unspecified atom stereocenters. The van der Waals surface area contributed by atoms with E-state index in [4.69, 9.17) is 10.9 Å². The second kappa shape index (κ2) is 4.56. The molecule has 0 fully saturated rings. The minimum absolute atomic E-state index is 0.0824. The summed E-state index contributed by atoms with van der Waals surface area (Å²) >= 11 is 0. The molecule has 0 amide bonds. The third-order valence-corrected chi connectivity index (χ3v) is 3.59. The molecule has 1 aromatic carbocycles. The highest BCUT2D eigenvalue weighted by Gasteiger charge is 2.12. The van der Waals surface area contributed by atoms with Gasteiger partial charge in [0.1, 0.15) is 4.90 Å². The van der Waals surface area contributed by atoms with Crippen molar-refractivity contribution >= 4 is 27.1 Å². The second-order valence-electron chi connectivity index (χ2n) is 4.22. The van der Waals surface area contributed by atoms with Crippen LogP contribution in [0.1, 0.15) is 5.69 Å². The van der Waals surface area contributed by atoms with Gasteiger partial charge in [-0.05, 0) is 25.1 Å². The van der Waals surface area contributed by atoms with Crippen molar-refractivity contribution in [3.63, 3.8) is 0 Å². The summed E-state index contributed by atoms with van der Waals surface area (Å²) < 4.78 is 24.2. The van der Waals surface area contributed by atoms with E-state index in [1.807, 2.05) is 20.2 Å². The standard InChI is InChI=1S/C11H15N5O2S/c1-7-10(6-16(2)15-7)14-8-3-4-11(9(12)5-8)19(13,17)18/h3-6,14H,12H2,1-2H3,(H2,13,17,18). The fraction of sp³-hybridized carbons (Fsp3) is 0.182. The minimum Gasteiger partial charge on any atom is -0.398 e. The summed E-state index contributed by atoms with van der Waals surface area (Å²) in [6.07, 6.45) is 1.82. The Morgan fingerprint density at radius 2 is 2.05 bits per heavy atom. The molecule has 1 heterocycles. The quantitative estimate of drug-likeness (QED) is 0.716. The lowest BCUT2D eigenvalue weighted by atomic mass is 10.2. The third-order valence-electron chi connectivity index (χ3n) is 2.61. The molecule has 102 valence electrons. The van der Waals surface area contributed by atoms with Crippen molar-refractivity contribution in [1.29, 1.82) is 0 Å². The van der Waals surface area contributed by atoms with Gasteiger partial charge in [-0.3, -0.25) is 4.68 Å². The van der Waals surface area contributed by atoms with Gasteiger partial charge in [0.25, 0.3) is 0 Å². The molecule has 1 aromatic heterocycles. The first kappa shape index (κ1) is 13.4. The molecular formula is C11H15N5O2S. The molecule has 5 N–H and O–H groups in total. The zero-order valence-corrected chi connectivity index (χ0v) is 11.4. The number of sulfonamides is 1. The van der Waals surface area contributed by atoms with E-state index in [9.17, 15) is 8.42 Å². The number of nitrogens with two attached hydrogens (primary N) is 2. The number of hydrogen-bond donors (Lipinski definition) is 3. The Hall–Kier alpha value is -2.06. The van der Waals surface area contributed by atoms with Crippen molar-refractivity contribution in [3.05, 3.63) is 30.1 Å². The molecule has 7 nitrogen and oxygen atoms in total. The predicted octanol–water partition coefficient (Wildman–Crippen LogP) is 0.702. The fourth-order valence-corrected chi connectivity index (χ4v) is 2.41. The van der Waals surface area contributed by atoms with Crippen LogP contribution in [0, 0.1) is 6.92 Å². The lowest BCUT2D eigenvalue weighted by Gasteiger charge is -2.08. The molecule has 0 saturated carbocycles. The lowest BCUT2D eigenvalue weighted by molar-refractivity contribution is 0.598. The minimum atomic E-state index is -3.80. The maximum atomic E-state index is 11.2. The molecular weight excluding hydrogens is 266 g/mol. The van der Waals surface area contributed by atoms with E-state index in [-0.39, 0.29) is 10.6 Å². The molecule has 0 aliphatic heterocycles. The topological polar surface area (TPSA) is 116 Å². The Bertz CT molecular complexity index is 721. The van der Waals surface area contributed by atoms with E-state index in [1.165, 1.54) is 12.1 Å². The smallest absolute Gasteiger partial charge is 0.240 e. The molecule has 2 rings (SSSR count). The molecule has 0 atom stereocenters. The van der Waals surface area contributed by atoms with Gasteiger partial charge in [0.05, 0.1) is 17.1 Å². The molecule has 0 radical (unpaired) electrons. The molecule has 0 aliphatic carbocycles. The summed E-state index contributed by atoms with van der Waals surface area (Å²) in [4.78, 5) is -0.0824. The van der Waals surface area contributed by atoms with Crippen molar-refractivity contribution in [2.75, 3.05) is 11.1 Å². The maximum absolute atomic E-state index is 11.2. The van der Waals surface area contributed by atoms with Crippen molar-refractivity contribution in [3.8, 4) is 0 Å². The van der Waals surface area contributed by atoms with Gasteiger partial charge in [0, 0.05) is 18.9 Å². The van der Waals surface area contributed by atoms with Gasteiger partial charge in [-0.25, -0.2) is 13.6 Å². The van der Waals surface area contributed by atoms with Gasteiger partial charge >= 0.3 is 0 Å². The summed E-state index contributed by atoms with van der Waals surface area (Å²) in [6.45, 7) is 1.87. The number of aryl methyl sites for hydroxylation is 2. The van der Waals surface area contributed by atoms with Gasteiger partial charge in [-0.2, -0.15) is 5.10 Å². The number of nitrogen functional groups attached to an aromatic ring is 1. The van der Waals surface area contributed by atoms with Crippen molar-refractivity contribution in [2.45, 2.75) is 11.8 Å². The van der Waals surface area contributed by atoms with Crippen LogP contribution in [0.3, 0.4) is 0 Å². The van der Waals surface area contributed by atoms with E-state index in [1.54, 1.807) is 10.7 Å². The molecule has 0 aliphatic rings. The van der Waals surface area contributed by atoms with Crippen LogP contribution in [0.25, 0.3) is 0 Å². The van der Waals surface area contributed by atoms with E-state index >= 15 is 0 Å². The number of aromatic nitrogens is 2. The molecule has 0 saturated heterocycles. The van der Waals surface area contributed by atoms with Gasteiger partial charge < -0.3 is 11.1 Å². The third kappa shape index (κ3) is 2.85. The van der Waals surface area contributed by atoms with Crippen molar-refractivity contribution in [2.24, 2.45) is 12.2 Å².